The molecule has 1 N–H and O–H groups in total. The van der Waals surface area contributed by atoms with Crippen LogP contribution in [0.3, 0.4) is 0 Å². The second-order valence-corrected chi connectivity index (χ2v) is 9.12. The van der Waals surface area contributed by atoms with Gasteiger partial charge in [-0.3, -0.25) is 4.79 Å². The van der Waals surface area contributed by atoms with E-state index in [2.05, 4.69) is 31.3 Å². The average Bonchev–Trinajstić information content (AvgIpc) is 2.94. The maximum atomic E-state index is 12.6. The fourth-order valence-corrected chi connectivity index (χ4v) is 6.13. The van der Waals surface area contributed by atoms with Crippen molar-refractivity contribution < 1.29 is 4.79 Å². The SMILES string of the molecule is O=C(NCC12CC3CC(CC(C3)C1)C2)c1cc2ncc(Br)cn2n1. The zero-order valence-corrected chi connectivity index (χ0v) is 15.1. The Kier molecular flexibility index (Phi) is 3.27. The van der Waals surface area contributed by atoms with Crippen molar-refractivity contribution >= 4 is 27.5 Å². The molecule has 0 unspecified atom stereocenters. The molecule has 2 aromatic heterocycles. The van der Waals surface area contributed by atoms with Crippen molar-refractivity contribution in [2.24, 2.45) is 23.2 Å². The summed E-state index contributed by atoms with van der Waals surface area (Å²) in [5.41, 5.74) is 1.49. The molecule has 4 aliphatic carbocycles. The number of carbonyl (C=O) groups is 1. The third kappa shape index (κ3) is 2.46. The lowest BCUT2D eigenvalue weighted by molar-refractivity contribution is -0.0503. The van der Waals surface area contributed by atoms with E-state index in [0.717, 1.165) is 28.8 Å². The molecule has 2 heterocycles. The number of nitrogens with zero attached hydrogens (tertiary/aromatic N) is 3. The van der Waals surface area contributed by atoms with Crippen LogP contribution in [-0.2, 0) is 0 Å². The summed E-state index contributed by atoms with van der Waals surface area (Å²) >= 11 is 3.38. The first-order chi connectivity index (χ1) is 11.6. The largest absolute Gasteiger partial charge is 0.350 e. The van der Waals surface area contributed by atoms with Crippen LogP contribution in [-0.4, -0.2) is 27.0 Å². The molecule has 0 atom stereocenters. The third-order valence-electron chi connectivity index (χ3n) is 6.30. The molecule has 0 aliphatic heterocycles. The van der Waals surface area contributed by atoms with Gasteiger partial charge in [-0.2, -0.15) is 5.10 Å². The van der Waals surface area contributed by atoms with E-state index in [1.165, 1.54) is 38.5 Å². The minimum atomic E-state index is -0.0765. The molecule has 4 bridgehead atoms. The van der Waals surface area contributed by atoms with E-state index in [-0.39, 0.29) is 5.91 Å². The molecule has 4 fully saturated rings. The molecule has 6 heteroatoms. The molecule has 4 aliphatic rings. The molecule has 126 valence electrons. The number of nitrogens with one attached hydrogen (secondary N) is 1. The van der Waals surface area contributed by atoms with E-state index in [4.69, 9.17) is 0 Å². The van der Waals surface area contributed by atoms with E-state index in [1.807, 2.05) is 6.20 Å². The fraction of sp³-hybridized carbons (Fsp3) is 0.611. The molecule has 0 saturated heterocycles. The molecule has 4 saturated carbocycles. The van der Waals surface area contributed by atoms with Crippen LogP contribution >= 0.6 is 15.9 Å². The normalized spacial score (nSPS) is 34.0. The van der Waals surface area contributed by atoms with Crippen molar-refractivity contribution in [3.05, 3.63) is 28.6 Å². The Morgan fingerprint density at radius 1 is 1.25 bits per heavy atom. The van der Waals surface area contributed by atoms with Gasteiger partial charge < -0.3 is 5.32 Å². The first-order valence-electron chi connectivity index (χ1n) is 8.88. The van der Waals surface area contributed by atoms with Gasteiger partial charge in [0.1, 0.15) is 0 Å². The Morgan fingerprint density at radius 3 is 2.58 bits per heavy atom. The summed E-state index contributed by atoms with van der Waals surface area (Å²) in [7, 11) is 0. The van der Waals surface area contributed by atoms with Gasteiger partial charge in [-0.05, 0) is 77.6 Å². The number of carbonyl (C=O) groups excluding carboxylic acids is 1. The first-order valence-corrected chi connectivity index (χ1v) is 9.67. The zero-order valence-electron chi connectivity index (χ0n) is 13.5. The minimum absolute atomic E-state index is 0.0765. The van der Waals surface area contributed by atoms with Gasteiger partial charge in [0.05, 0.1) is 4.47 Å². The van der Waals surface area contributed by atoms with Crippen LogP contribution in [0.15, 0.2) is 22.9 Å². The molecule has 6 rings (SSSR count). The maximum absolute atomic E-state index is 12.6. The van der Waals surface area contributed by atoms with Gasteiger partial charge in [0, 0.05) is 25.0 Å². The first kappa shape index (κ1) is 14.9. The number of hydrogen-bond donors (Lipinski definition) is 1. The van der Waals surface area contributed by atoms with Gasteiger partial charge in [-0.25, -0.2) is 9.50 Å². The average molecular weight is 389 g/mol. The van der Waals surface area contributed by atoms with E-state index < -0.39 is 0 Å². The van der Waals surface area contributed by atoms with Gasteiger partial charge in [0.2, 0.25) is 0 Å². The van der Waals surface area contributed by atoms with Crippen LogP contribution in [0.4, 0.5) is 0 Å². The maximum Gasteiger partial charge on any atom is 0.271 e. The Labute approximate surface area is 149 Å². The second-order valence-electron chi connectivity index (χ2n) is 8.20. The van der Waals surface area contributed by atoms with Crippen molar-refractivity contribution in [1.29, 1.82) is 0 Å². The minimum Gasteiger partial charge on any atom is -0.350 e. The Hall–Kier alpha value is -1.43. The van der Waals surface area contributed by atoms with Crippen LogP contribution < -0.4 is 5.32 Å². The summed E-state index contributed by atoms with van der Waals surface area (Å²) in [6, 6.07) is 1.75. The molecule has 5 nitrogen and oxygen atoms in total. The van der Waals surface area contributed by atoms with Crippen molar-refractivity contribution in [3.8, 4) is 0 Å². The standard InChI is InChI=1S/C18H21BrN4O/c19-14-8-20-16-4-15(22-23(16)9-14)17(24)21-10-18-5-11-1-12(6-18)3-13(2-11)7-18/h4,8-9,11-13H,1-3,5-7,10H2,(H,21,24). The third-order valence-corrected chi connectivity index (χ3v) is 6.71. The number of aromatic nitrogens is 3. The van der Waals surface area contributed by atoms with Crippen LogP contribution in [0.25, 0.3) is 5.65 Å². The van der Waals surface area contributed by atoms with Crippen LogP contribution in [0, 0.1) is 23.2 Å². The highest BCUT2D eigenvalue weighted by Crippen LogP contribution is 2.59. The topological polar surface area (TPSA) is 59.3 Å². The van der Waals surface area contributed by atoms with Crippen LogP contribution in [0.5, 0.6) is 0 Å². The van der Waals surface area contributed by atoms with E-state index in [1.54, 1.807) is 16.8 Å². The number of halogens is 1. The van der Waals surface area contributed by atoms with Crippen LogP contribution in [0.2, 0.25) is 0 Å². The molecule has 0 aromatic carbocycles. The summed E-state index contributed by atoms with van der Waals surface area (Å²) in [6.45, 7) is 0.806. The number of fused-ring (bicyclic) bond motifs is 1. The van der Waals surface area contributed by atoms with Crippen LogP contribution in [0.1, 0.15) is 49.0 Å². The Morgan fingerprint density at radius 2 is 1.92 bits per heavy atom. The molecule has 0 radical (unpaired) electrons. The number of rotatable bonds is 3. The Bertz CT molecular complexity index is 779. The number of hydrogen-bond acceptors (Lipinski definition) is 3. The summed E-state index contributed by atoms with van der Waals surface area (Å²) in [5.74, 6) is 2.65. The summed E-state index contributed by atoms with van der Waals surface area (Å²) in [6.07, 6.45) is 11.7. The second kappa shape index (κ2) is 5.28. The van der Waals surface area contributed by atoms with Crippen molar-refractivity contribution in [2.75, 3.05) is 6.54 Å². The molecule has 1 amide bonds. The lowest BCUT2D eigenvalue weighted by Crippen LogP contribution is -2.51. The smallest absolute Gasteiger partial charge is 0.271 e. The van der Waals surface area contributed by atoms with E-state index >= 15 is 0 Å². The molecule has 24 heavy (non-hydrogen) atoms. The molecule has 2 aromatic rings. The highest BCUT2D eigenvalue weighted by atomic mass is 79.9. The Balaban J connectivity index is 1.31. The van der Waals surface area contributed by atoms with Crippen molar-refractivity contribution in [1.82, 2.24) is 19.9 Å². The lowest BCUT2D eigenvalue weighted by atomic mass is 9.49. The molecular formula is C18H21BrN4O. The number of amides is 1. The lowest BCUT2D eigenvalue weighted by Gasteiger charge is -2.56. The van der Waals surface area contributed by atoms with E-state index in [0.29, 0.717) is 16.8 Å². The predicted molar refractivity (Wildman–Crippen MR) is 93.6 cm³/mol. The quantitative estimate of drug-likeness (QED) is 0.875. The molecular weight excluding hydrogens is 368 g/mol. The highest BCUT2D eigenvalue weighted by Gasteiger charge is 2.50. The monoisotopic (exact) mass is 388 g/mol. The van der Waals surface area contributed by atoms with Crippen molar-refractivity contribution in [2.45, 2.75) is 38.5 Å². The zero-order chi connectivity index (χ0) is 16.3. The van der Waals surface area contributed by atoms with E-state index in [9.17, 15) is 4.79 Å². The van der Waals surface area contributed by atoms with Gasteiger partial charge >= 0.3 is 0 Å². The van der Waals surface area contributed by atoms with Gasteiger partial charge in [-0.15, -0.1) is 0 Å². The fourth-order valence-electron chi connectivity index (χ4n) is 5.83. The van der Waals surface area contributed by atoms with Crippen molar-refractivity contribution in [3.63, 3.8) is 0 Å². The van der Waals surface area contributed by atoms with Gasteiger partial charge in [0.15, 0.2) is 11.3 Å². The summed E-state index contributed by atoms with van der Waals surface area (Å²) in [5, 5.41) is 7.53. The predicted octanol–water partition coefficient (Wildman–Crippen LogP) is 3.44. The summed E-state index contributed by atoms with van der Waals surface area (Å²) in [4.78, 5) is 16.8. The highest BCUT2D eigenvalue weighted by molar-refractivity contribution is 9.10. The molecule has 0 spiro atoms. The summed E-state index contributed by atoms with van der Waals surface area (Å²) < 4.78 is 2.49. The van der Waals surface area contributed by atoms with Gasteiger partial charge in [0.25, 0.3) is 5.91 Å². The van der Waals surface area contributed by atoms with Gasteiger partial charge in [-0.1, -0.05) is 0 Å².